The minimum atomic E-state index is -0.503. The number of aromatic nitrogens is 2. The summed E-state index contributed by atoms with van der Waals surface area (Å²) in [5.74, 6) is -0.801. The van der Waals surface area contributed by atoms with Crippen LogP contribution in [0.15, 0.2) is 24.3 Å². The molecule has 0 aliphatic rings. The highest BCUT2D eigenvalue weighted by Gasteiger charge is 2.14. The summed E-state index contributed by atoms with van der Waals surface area (Å²) in [6.45, 7) is 3.67. The third-order valence-corrected chi connectivity index (χ3v) is 2.90. The SMILES string of the molecule is Cc1[nH]nc(C(=O)Nc2ccc(C(N)=O)cc2)c1C. The van der Waals surface area contributed by atoms with E-state index in [0.29, 0.717) is 16.9 Å². The van der Waals surface area contributed by atoms with Gasteiger partial charge in [0.25, 0.3) is 5.91 Å². The van der Waals surface area contributed by atoms with Gasteiger partial charge >= 0.3 is 0 Å². The van der Waals surface area contributed by atoms with Crippen LogP contribution in [0.3, 0.4) is 0 Å². The number of rotatable bonds is 3. The second-order valence-electron chi connectivity index (χ2n) is 4.22. The van der Waals surface area contributed by atoms with Crippen LogP contribution in [0, 0.1) is 13.8 Å². The van der Waals surface area contributed by atoms with Crippen molar-refractivity contribution >= 4 is 17.5 Å². The van der Waals surface area contributed by atoms with Gasteiger partial charge in [-0.1, -0.05) is 0 Å². The van der Waals surface area contributed by atoms with Crippen molar-refractivity contribution in [1.29, 1.82) is 0 Å². The number of carbonyl (C=O) groups excluding carboxylic acids is 2. The number of nitrogens with one attached hydrogen (secondary N) is 2. The number of nitrogens with two attached hydrogens (primary N) is 1. The summed E-state index contributed by atoms with van der Waals surface area (Å²) in [7, 11) is 0. The molecule has 4 N–H and O–H groups in total. The molecule has 1 aromatic carbocycles. The first-order valence-electron chi connectivity index (χ1n) is 5.72. The molecule has 2 amide bonds. The van der Waals surface area contributed by atoms with Crippen molar-refractivity contribution in [3.05, 3.63) is 46.8 Å². The van der Waals surface area contributed by atoms with E-state index < -0.39 is 5.91 Å². The minimum absolute atomic E-state index is 0.298. The lowest BCUT2D eigenvalue weighted by Gasteiger charge is -2.04. The first kappa shape index (κ1) is 12.8. The van der Waals surface area contributed by atoms with E-state index in [2.05, 4.69) is 15.5 Å². The number of primary amides is 1. The van der Waals surface area contributed by atoms with Gasteiger partial charge in [0.15, 0.2) is 5.69 Å². The molecule has 0 unspecified atom stereocenters. The standard InChI is InChI=1S/C13H14N4O2/c1-7-8(2)16-17-11(7)13(19)15-10-5-3-9(4-6-10)12(14)18/h3-6H,1-2H3,(H2,14,18)(H,15,19)(H,16,17). The lowest BCUT2D eigenvalue weighted by atomic mass is 10.2. The summed E-state index contributed by atoms with van der Waals surface area (Å²) in [6.07, 6.45) is 0. The zero-order valence-corrected chi connectivity index (χ0v) is 10.7. The Balaban J connectivity index is 2.15. The summed E-state index contributed by atoms with van der Waals surface area (Å²) in [5, 5.41) is 9.41. The van der Waals surface area contributed by atoms with Gasteiger partial charge in [-0.15, -0.1) is 0 Å². The highest BCUT2D eigenvalue weighted by Crippen LogP contribution is 2.13. The maximum atomic E-state index is 12.0. The third-order valence-electron chi connectivity index (χ3n) is 2.90. The lowest BCUT2D eigenvalue weighted by molar-refractivity contribution is 0.0997. The Morgan fingerprint density at radius 1 is 1.21 bits per heavy atom. The Hall–Kier alpha value is -2.63. The normalized spacial score (nSPS) is 10.2. The Morgan fingerprint density at radius 2 is 1.84 bits per heavy atom. The quantitative estimate of drug-likeness (QED) is 0.775. The van der Waals surface area contributed by atoms with Crippen LogP contribution >= 0.6 is 0 Å². The molecular weight excluding hydrogens is 244 g/mol. The van der Waals surface area contributed by atoms with Gasteiger partial charge < -0.3 is 11.1 Å². The molecule has 0 saturated heterocycles. The largest absolute Gasteiger partial charge is 0.366 e. The molecule has 1 aromatic heterocycles. The average molecular weight is 258 g/mol. The monoisotopic (exact) mass is 258 g/mol. The van der Waals surface area contributed by atoms with Gasteiger partial charge in [-0.25, -0.2) is 0 Å². The second-order valence-corrected chi connectivity index (χ2v) is 4.22. The summed E-state index contributed by atoms with van der Waals surface area (Å²) >= 11 is 0. The van der Waals surface area contributed by atoms with Crippen molar-refractivity contribution in [2.75, 3.05) is 5.32 Å². The number of hydrogen-bond donors (Lipinski definition) is 3. The molecule has 0 saturated carbocycles. The number of nitrogens with zero attached hydrogens (tertiary/aromatic N) is 1. The fraction of sp³-hybridized carbons (Fsp3) is 0.154. The van der Waals surface area contributed by atoms with E-state index in [1.807, 2.05) is 13.8 Å². The molecule has 19 heavy (non-hydrogen) atoms. The van der Waals surface area contributed by atoms with Crippen molar-refractivity contribution in [2.24, 2.45) is 5.73 Å². The van der Waals surface area contributed by atoms with Gasteiger partial charge in [0.2, 0.25) is 5.91 Å². The molecule has 0 atom stereocenters. The molecule has 6 heteroatoms. The van der Waals surface area contributed by atoms with E-state index in [0.717, 1.165) is 11.3 Å². The third kappa shape index (κ3) is 2.62. The van der Waals surface area contributed by atoms with Crippen LogP contribution in [-0.2, 0) is 0 Å². The van der Waals surface area contributed by atoms with Crippen molar-refractivity contribution < 1.29 is 9.59 Å². The smallest absolute Gasteiger partial charge is 0.276 e. The van der Waals surface area contributed by atoms with E-state index in [9.17, 15) is 9.59 Å². The Morgan fingerprint density at radius 3 is 2.32 bits per heavy atom. The molecule has 0 spiro atoms. The topological polar surface area (TPSA) is 101 Å². The molecule has 0 bridgehead atoms. The fourth-order valence-electron chi connectivity index (χ4n) is 1.61. The molecule has 6 nitrogen and oxygen atoms in total. The average Bonchev–Trinajstić information content (AvgIpc) is 2.70. The predicted molar refractivity (Wildman–Crippen MR) is 71.0 cm³/mol. The predicted octanol–water partition coefficient (Wildman–Crippen LogP) is 1.38. The number of H-pyrrole nitrogens is 1. The van der Waals surface area contributed by atoms with E-state index in [1.165, 1.54) is 0 Å². The van der Waals surface area contributed by atoms with E-state index >= 15 is 0 Å². The van der Waals surface area contributed by atoms with Crippen molar-refractivity contribution in [2.45, 2.75) is 13.8 Å². The van der Waals surface area contributed by atoms with Gasteiger partial charge in [0.05, 0.1) is 0 Å². The molecule has 0 aliphatic heterocycles. The Labute approximate surface area is 110 Å². The maximum Gasteiger partial charge on any atom is 0.276 e. The first-order valence-corrected chi connectivity index (χ1v) is 5.72. The minimum Gasteiger partial charge on any atom is -0.366 e. The van der Waals surface area contributed by atoms with Crippen molar-refractivity contribution in [1.82, 2.24) is 10.2 Å². The second kappa shape index (κ2) is 4.93. The molecule has 2 aromatic rings. The van der Waals surface area contributed by atoms with Crippen LogP contribution in [0.2, 0.25) is 0 Å². The summed E-state index contributed by atoms with van der Waals surface area (Å²) in [5.41, 5.74) is 8.14. The molecule has 2 rings (SSSR count). The van der Waals surface area contributed by atoms with Crippen LogP contribution in [0.1, 0.15) is 32.1 Å². The fourth-order valence-corrected chi connectivity index (χ4v) is 1.61. The Kier molecular flexibility index (Phi) is 3.33. The molecule has 0 fully saturated rings. The number of benzene rings is 1. The van der Waals surface area contributed by atoms with Crippen LogP contribution in [0.4, 0.5) is 5.69 Å². The number of amides is 2. The summed E-state index contributed by atoms with van der Waals surface area (Å²) < 4.78 is 0. The first-order chi connectivity index (χ1) is 8.99. The molecule has 0 aliphatic carbocycles. The van der Waals surface area contributed by atoms with Crippen LogP contribution < -0.4 is 11.1 Å². The number of hydrogen-bond acceptors (Lipinski definition) is 3. The summed E-state index contributed by atoms with van der Waals surface area (Å²) in [4.78, 5) is 22.9. The number of carbonyl (C=O) groups is 2. The van der Waals surface area contributed by atoms with Gasteiger partial charge in [0, 0.05) is 22.5 Å². The van der Waals surface area contributed by atoms with Crippen LogP contribution in [-0.4, -0.2) is 22.0 Å². The van der Waals surface area contributed by atoms with E-state index in [1.54, 1.807) is 24.3 Å². The molecule has 1 heterocycles. The number of aromatic amines is 1. The van der Waals surface area contributed by atoms with Crippen LogP contribution in [0.5, 0.6) is 0 Å². The maximum absolute atomic E-state index is 12.0. The molecule has 0 radical (unpaired) electrons. The lowest BCUT2D eigenvalue weighted by Crippen LogP contribution is -2.14. The Bertz CT molecular complexity index is 629. The zero-order chi connectivity index (χ0) is 14.0. The van der Waals surface area contributed by atoms with Gasteiger partial charge in [0.1, 0.15) is 0 Å². The van der Waals surface area contributed by atoms with Gasteiger partial charge in [-0.05, 0) is 38.1 Å². The molecular formula is C13H14N4O2. The molecule has 98 valence electrons. The van der Waals surface area contributed by atoms with Crippen molar-refractivity contribution in [3.8, 4) is 0 Å². The van der Waals surface area contributed by atoms with Gasteiger partial charge in [-0.3, -0.25) is 14.7 Å². The van der Waals surface area contributed by atoms with Gasteiger partial charge in [-0.2, -0.15) is 5.10 Å². The van der Waals surface area contributed by atoms with Crippen LogP contribution in [0.25, 0.3) is 0 Å². The van der Waals surface area contributed by atoms with E-state index in [4.69, 9.17) is 5.73 Å². The van der Waals surface area contributed by atoms with Crippen molar-refractivity contribution in [3.63, 3.8) is 0 Å². The number of anilines is 1. The summed E-state index contributed by atoms with van der Waals surface area (Å²) in [6, 6.07) is 6.35. The zero-order valence-electron chi connectivity index (χ0n) is 10.7. The number of aryl methyl sites for hydroxylation is 1. The highest BCUT2D eigenvalue weighted by atomic mass is 16.2. The van der Waals surface area contributed by atoms with E-state index in [-0.39, 0.29) is 5.91 Å². The highest BCUT2D eigenvalue weighted by molar-refractivity contribution is 6.04.